The third kappa shape index (κ3) is 10.4. The first-order valence-corrected chi connectivity index (χ1v) is 16.8. The summed E-state index contributed by atoms with van der Waals surface area (Å²) < 4.78 is 46.0. The van der Waals surface area contributed by atoms with Gasteiger partial charge in [-0.2, -0.15) is 18.3 Å². The summed E-state index contributed by atoms with van der Waals surface area (Å²) in [6, 6.07) is 18.7. The third-order valence-corrected chi connectivity index (χ3v) is 8.48. The van der Waals surface area contributed by atoms with Crippen LogP contribution in [0.1, 0.15) is 57.5 Å². The van der Waals surface area contributed by atoms with Crippen LogP contribution < -0.4 is 20.9 Å². The van der Waals surface area contributed by atoms with Crippen molar-refractivity contribution in [2.24, 2.45) is 0 Å². The van der Waals surface area contributed by atoms with Crippen molar-refractivity contribution in [3.63, 3.8) is 0 Å². The molecule has 2 heterocycles. The number of hydrogen-bond donors (Lipinski definition) is 3. The van der Waals surface area contributed by atoms with Crippen LogP contribution in [0.25, 0.3) is 5.69 Å². The summed E-state index contributed by atoms with van der Waals surface area (Å²) >= 11 is 0. The highest BCUT2D eigenvalue weighted by molar-refractivity contribution is 6.12. The Bertz CT molecular complexity index is 1820. The van der Waals surface area contributed by atoms with E-state index in [1.54, 1.807) is 37.4 Å². The first-order valence-electron chi connectivity index (χ1n) is 16.8. The fourth-order valence-corrected chi connectivity index (χ4v) is 5.79. The molecule has 0 saturated carbocycles. The van der Waals surface area contributed by atoms with E-state index >= 15 is 0 Å². The third-order valence-electron chi connectivity index (χ3n) is 8.48. The molecule has 3 N–H and O–H groups in total. The van der Waals surface area contributed by atoms with Gasteiger partial charge in [-0.05, 0) is 80.4 Å². The van der Waals surface area contributed by atoms with Gasteiger partial charge in [0.25, 0.3) is 11.8 Å². The van der Waals surface area contributed by atoms with Gasteiger partial charge in [0.15, 0.2) is 5.82 Å². The molecule has 0 radical (unpaired) electrons. The molecule has 11 nitrogen and oxygen atoms in total. The van der Waals surface area contributed by atoms with Gasteiger partial charge in [-0.15, -0.1) is 0 Å². The van der Waals surface area contributed by atoms with Crippen LogP contribution in [0, 0.1) is 0 Å². The van der Waals surface area contributed by atoms with Crippen LogP contribution in [-0.2, 0) is 22.3 Å². The maximum Gasteiger partial charge on any atom is 0.416 e. The highest BCUT2D eigenvalue weighted by Crippen LogP contribution is 2.31. The van der Waals surface area contributed by atoms with Crippen LogP contribution in [0.2, 0.25) is 0 Å². The number of methoxy groups -OCH3 is 1. The highest BCUT2D eigenvalue weighted by Gasteiger charge is 2.30. The Morgan fingerprint density at radius 1 is 0.902 bits per heavy atom. The van der Waals surface area contributed by atoms with Crippen molar-refractivity contribution >= 4 is 34.9 Å². The van der Waals surface area contributed by atoms with Gasteiger partial charge in [0.1, 0.15) is 0 Å². The van der Waals surface area contributed by atoms with Gasteiger partial charge in [-0.25, -0.2) is 4.68 Å². The van der Waals surface area contributed by atoms with Crippen LogP contribution in [0.5, 0.6) is 0 Å². The first kappa shape index (κ1) is 37.1. The molecule has 1 aromatic heterocycles. The number of carbonyl (C=O) groups excluding carboxylic acids is 3. The lowest BCUT2D eigenvalue weighted by atomic mass is 10.1. The predicted molar refractivity (Wildman–Crippen MR) is 189 cm³/mol. The Morgan fingerprint density at radius 3 is 2.45 bits per heavy atom. The minimum atomic E-state index is -4.51. The molecule has 5 rings (SSSR count). The normalized spacial score (nSPS) is 13.3. The van der Waals surface area contributed by atoms with Crippen LogP contribution >= 0.6 is 0 Å². The molecule has 1 saturated heterocycles. The molecule has 51 heavy (non-hydrogen) atoms. The summed E-state index contributed by atoms with van der Waals surface area (Å²) in [5.74, 6) is -0.893. The Hall–Kier alpha value is -5.21. The van der Waals surface area contributed by atoms with E-state index in [4.69, 9.17) is 4.74 Å². The van der Waals surface area contributed by atoms with Crippen molar-refractivity contribution < 1.29 is 32.3 Å². The van der Waals surface area contributed by atoms with E-state index in [2.05, 4.69) is 25.9 Å². The van der Waals surface area contributed by atoms with Crippen LogP contribution in [0.4, 0.5) is 30.4 Å². The van der Waals surface area contributed by atoms with Crippen LogP contribution in [0.3, 0.4) is 0 Å². The number of anilines is 3. The molecule has 1 aliphatic heterocycles. The fraction of sp³-hybridized carbons (Fsp3) is 0.351. The molecule has 0 bridgehead atoms. The van der Waals surface area contributed by atoms with Gasteiger partial charge in [-0.1, -0.05) is 18.2 Å². The number of amides is 3. The predicted octanol–water partition coefficient (Wildman–Crippen LogP) is 5.97. The number of ether oxygens (including phenoxy) is 1. The molecular formula is C37H42F3N7O4. The summed E-state index contributed by atoms with van der Waals surface area (Å²) in [5, 5.41) is 12.7. The first-order chi connectivity index (χ1) is 24.5. The summed E-state index contributed by atoms with van der Waals surface area (Å²) in [5.41, 5.74) is 1.97. The number of piperidine rings is 1. The molecule has 4 aromatic rings. The van der Waals surface area contributed by atoms with Gasteiger partial charge >= 0.3 is 6.18 Å². The zero-order valence-electron chi connectivity index (χ0n) is 28.6. The van der Waals surface area contributed by atoms with Crippen molar-refractivity contribution in [2.45, 2.75) is 38.4 Å². The summed E-state index contributed by atoms with van der Waals surface area (Å²) in [7, 11) is 3.47. The van der Waals surface area contributed by atoms with Crippen molar-refractivity contribution in [1.29, 1.82) is 0 Å². The molecule has 1 fully saturated rings. The zero-order chi connectivity index (χ0) is 36.4. The quantitative estimate of drug-likeness (QED) is 0.138. The highest BCUT2D eigenvalue weighted by atomic mass is 19.4. The van der Waals surface area contributed by atoms with Crippen molar-refractivity contribution in [1.82, 2.24) is 20.0 Å². The minimum absolute atomic E-state index is 0.0674. The number of nitrogens with zero attached hydrogens (tertiary/aromatic N) is 4. The van der Waals surface area contributed by atoms with E-state index in [9.17, 15) is 27.6 Å². The standard InChI is InChI=1S/C37H42F3N7O4/c1-45(19-15-34(48)41-16-21-51-2)25-26-8-6-9-27(22-26)35(49)42-32-13-12-29(46-17-4-3-5-18-46)24-31(32)36(50)43-33-14-20-47(44-33)30-11-7-10-28(23-30)37(38,39)40/h6-14,20,22-24H,3-5,15-19,21,25H2,1-2H3,(H,41,48)(H,42,49)(H,43,44,50). The van der Waals surface area contributed by atoms with Crippen LogP contribution in [-0.4, -0.2) is 79.3 Å². The molecule has 0 spiro atoms. The van der Waals surface area contributed by atoms with Gasteiger partial charge in [0.2, 0.25) is 5.91 Å². The summed E-state index contributed by atoms with van der Waals surface area (Å²) in [6.07, 6.45) is 0.456. The maximum absolute atomic E-state index is 13.8. The molecule has 1 aliphatic rings. The van der Waals surface area contributed by atoms with Gasteiger partial charge in [0, 0.05) is 69.8 Å². The van der Waals surface area contributed by atoms with Gasteiger partial charge in [-0.3, -0.25) is 14.4 Å². The number of halogens is 3. The monoisotopic (exact) mass is 705 g/mol. The molecule has 0 atom stereocenters. The second-order valence-electron chi connectivity index (χ2n) is 12.4. The number of alkyl halides is 3. The second kappa shape index (κ2) is 17.1. The fourth-order valence-electron chi connectivity index (χ4n) is 5.79. The average Bonchev–Trinajstić information content (AvgIpc) is 3.59. The topological polar surface area (TPSA) is 121 Å². The minimum Gasteiger partial charge on any atom is -0.383 e. The molecule has 270 valence electrons. The van der Waals surface area contributed by atoms with E-state index < -0.39 is 23.6 Å². The number of aromatic nitrogens is 2. The molecule has 3 amide bonds. The SMILES string of the molecule is COCCNC(=O)CCN(C)Cc1cccc(C(=O)Nc2ccc(N3CCCCC3)cc2C(=O)Nc2ccn(-c3cccc(C(F)(F)F)c3)n2)c1. The summed E-state index contributed by atoms with van der Waals surface area (Å²) in [4.78, 5) is 43.5. The van der Waals surface area contributed by atoms with Crippen LogP contribution in [0.15, 0.2) is 79.0 Å². The molecule has 0 unspecified atom stereocenters. The van der Waals surface area contributed by atoms with E-state index in [0.29, 0.717) is 38.2 Å². The van der Waals surface area contributed by atoms with E-state index in [-0.39, 0.29) is 28.7 Å². The average molecular weight is 706 g/mol. The lowest BCUT2D eigenvalue weighted by Crippen LogP contribution is -2.30. The lowest BCUT2D eigenvalue weighted by molar-refractivity contribution is -0.137. The smallest absolute Gasteiger partial charge is 0.383 e. The van der Waals surface area contributed by atoms with Crippen molar-refractivity contribution in [3.05, 3.63) is 101 Å². The Labute approximate surface area is 294 Å². The number of rotatable bonds is 14. The maximum atomic E-state index is 13.8. The second-order valence-corrected chi connectivity index (χ2v) is 12.4. The lowest BCUT2D eigenvalue weighted by Gasteiger charge is -2.29. The molecular weight excluding hydrogens is 663 g/mol. The van der Waals surface area contributed by atoms with E-state index in [1.165, 1.54) is 29.1 Å². The molecule has 3 aromatic carbocycles. The van der Waals surface area contributed by atoms with E-state index in [0.717, 1.165) is 55.7 Å². The molecule has 0 aliphatic carbocycles. The van der Waals surface area contributed by atoms with Gasteiger partial charge in [0.05, 0.1) is 29.1 Å². The molecule has 14 heteroatoms. The summed E-state index contributed by atoms with van der Waals surface area (Å²) in [6.45, 7) is 3.62. The Morgan fingerprint density at radius 2 is 1.69 bits per heavy atom. The number of carbonyl (C=O) groups is 3. The van der Waals surface area contributed by atoms with Crippen molar-refractivity contribution in [2.75, 3.05) is 62.5 Å². The Kier molecular flexibility index (Phi) is 12.5. The number of nitrogens with one attached hydrogen (secondary N) is 3. The van der Waals surface area contributed by atoms with Gasteiger partial charge < -0.3 is 30.5 Å². The van der Waals surface area contributed by atoms with E-state index in [1.807, 2.05) is 24.1 Å². The Balaban J connectivity index is 1.30. The number of benzene rings is 3. The largest absolute Gasteiger partial charge is 0.416 e. The number of hydrogen-bond acceptors (Lipinski definition) is 7. The van der Waals surface area contributed by atoms with Crippen molar-refractivity contribution in [3.8, 4) is 5.69 Å². The zero-order valence-corrected chi connectivity index (χ0v) is 28.6.